The van der Waals surface area contributed by atoms with Crippen molar-refractivity contribution in [2.24, 2.45) is 5.92 Å². The summed E-state index contributed by atoms with van der Waals surface area (Å²) in [5.74, 6) is 0.724. The monoisotopic (exact) mass is 279 g/mol. The zero-order valence-electron chi connectivity index (χ0n) is 11.7. The maximum Gasteiger partial charge on any atom is 0.165 e. The Hall–Kier alpha value is -1.73. The lowest BCUT2D eigenvalue weighted by atomic mass is 10.0. The molecule has 0 fully saturated rings. The highest BCUT2D eigenvalue weighted by Crippen LogP contribution is 2.17. The van der Waals surface area contributed by atoms with Crippen LogP contribution in [0.2, 0.25) is 0 Å². The molecule has 20 heavy (non-hydrogen) atoms. The number of hydrogen-bond acceptors (Lipinski definition) is 6. The number of nitrogens with one attached hydrogen (secondary N) is 1. The van der Waals surface area contributed by atoms with Crippen molar-refractivity contribution in [2.45, 2.75) is 25.8 Å². The van der Waals surface area contributed by atoms with Crippen LogP contribution in [-0.2, 0) is 6.54 Å². The molecule has 0 aliphatic heterocycles. The fourth-order valence-corrected chi connectivity index (χ4v) is 2.18. The summed E-state index contributed by atoms with van der Waals surface area (Å²) in [6.07, 6.45) is 6.04. The highest BCUT2D eigenvalue weighted by atomic mass is 16.3. The molecule has 0 saturated carbocycles. The molecule has 110 valence electrons. The SMILES string of the molecule is CNc1ncnc2c1ncn2CCCCC(CO)CO. The normalized spacial score (nSPS) is 11.4. The van der Waals surface area contributed by atoms with Crippen LogP contribution in [0.15, 0.2) is 12.7 Å². The van der Waals surface area contributed by atoms with Crippen molar-refractivity contribution < 1.29 is 10.2 Å². The molecule has 0 saturated heterocycles. The van der Waals surface area contributed by atoms with E-state index in [4.69, 9.17) is 10.2 Å². The van der Waals surface area contributed by atoms with Crippen LogP contribution in [0.25, 0.3) is 11.2 Å². The first-order chi connectivity index (χ1) is 9.80. The molecule has 7 nitrogen and oxygen atoms in total. The Morgan fingerprint density at radius 3 is 2.70 bits per heavy atom. The van der Waals surface area contributed by atoms with Gasteiger partial charge in [0.2, 0.25) is 0 Å². The first-order valence-corrected chi connectivity index (χ1v) is 6.85. The molecule has 0 bridgehead atoms. The summed E-state index contributed by atoms with van der Waals surface area (Å²) < 4.78 is 2.00. The molecule has 2 rings (SSSR count). The van der Waals surface area contributed by atoms with Crippen molar-refractivity contribution in [1.29, 1.82) is 0 Å². The van der Waals surface area contributed by atoms with E-state index in [0.29, 0.717) is 0 Å². The number of hydrogen-bond donors (Lipinski definition) is 3. The maximum atomic E-state index is 9.01. The van der Waals surface area contributed by atoms with Crippen molar-refractivity contribution in [2.75, 3.05) is 25.6 Å². The molecule has 2 aromatic rings. The van der Waals surface area contributed by atoms with Gasteiger partial charge in [-0.05, 0) is 12.8 Å². The smallest absolute Gasteiger partial charge is 0.165 e. The molecule has 2 aromatic heterocycles. The highest BCUT2D eigenvalue weighted by molar-refractivity contribution is 5.82. The maximum absolute atomic E-state index is 9.01. The minimum Gasteiger partial charge on any atom is -0.396 e. The Labute approximate surface area is 117 Å². The van der Waals surface area contributed by atoms with Crippen LogP contribution in [-0.4, -0.2) is 50.0 Å². The largest absolute Gasteiger partial charge is 0.396 e. The average molecular weight is 279 g/mol. The molecule has 0 aliphatic carbocycles. The van der Waals surface area contributed by atoms with Crippen molar-refractivity contribution >= 4 is 17.0 Å². The van der Waals surface area contributed by atoms with E-state index in [0.717, 1.165) is 42.8 Å². The van der Waals surface area contributed by atoms with Crippen LogP contribution >= 0.6 is 0 Å². The van der Waals surface area contributed by atoms with Crippen LogP contribution in [0.3, 0.4) is 0 Å². The van der Waals surface area contributed by atoms with Crippen molar-refractivity contribution in [3.8, 4) is 0 Å². The van der Waals surface area contributed by atoms with E-state index >= 15 is 0 Å². The second-order valence-electron chi connectivity index (χ2n) is 4.81. The van der Waals surface area contributed by atoms with E-state index in [2.05, 4.69) is 20.3 Å². The van der Waals surface area contributed by atoms with E-state index in [1.165, 1.54) is 6.33 Å². The van der Waals surface area contributed by atoms with E-state index in [-0.39, 0.29) is 19.1 Å². The number of aliphatic hydroxyl groups is 2. The summed E-state index contributed by atoms with van der Waals surface area (Å²) in [4.78, 5) is 12.7. The zero-order valence-corrected chi connectivity index (χ0v) is 11.7. The van der Waals surface area contributed by atoms with Crippen molar-refractivity contribution in [3.05, 3.63) is 12.7 Å². The molecule has 0 aromatic carbocycles. The lowest BCUT2D eigenvalue weighted by Gasteiger charge is -2.10. The van der Waals surface area contributed by atoms with Gasteiger partial charge in [-0.15, -0.1) is 0 Å². The van der Waals surface area contributed by atoms with E-state index in [1.54, 1.807) is 6.33 Å². The molecule has 0 spiro atoms. The molecule has 0 atom stereocenters. The standard InChI is InChI=1S/C13H21N5O2/c1-14-12-11-13(16-8-15-12)18(9-17-11)5-3-2-4-10(6-19)7-20/h8-10,19-20H,2-7H2,1H3,(H,14,15,16). The van der Waals surface area contributed by atoms with Gasteiger partial charge in [0.15, 0.2) is 11.5 Å². The van der Waals surface area contributed by atoms with Gasteiger partial charge < -0.3 is 20.1 Å². The number of aryl methyl sites for hydroxylation is 1. The summed E-state index contributed by atoms with van der Waals surface area (Å²) in [5.41, 5.74) is 1.60. The average Bonchev–Trinajstić information content (AvgIpc) is 2.90. The summed E-state index contributed by atoms with van der Waals surface area (Å²) in [7, 11) is 1.81. The number of anilines is 1. The van der Waals surface area contributed by atoms with Crippen LogP contribution in [0, 0.1) is 5.92 Å². The van der Waals surface area contributed by atoms with Crippen molar-refractivity contribution in [1.82, 2.24) is 19.5 Å². The van der Waals surface area contributed by atoms with Gasteiger partial charge in [0.1, 0.15) is 11.8 Å². The third kappa shape index (κ3) is 3.23. The Morgan fingerprint density at radius 2 is 2.00 bits per heavy atom. The number of fused-ring (bicyclic) bond motifs is 1. The predicted octanol–water partition coefficient (Wildman–Crippen LogP) is 0.639. The minimum atomic E-state index is -0.00671. The lowest BCUT2D eigenvalue weighted by molar-refractivity contribution is 0.141. The van der Waals surface area contributed by atoms with Gasteiger partial charge in [-0.1, -0.05) is 6.42 Å². The third-order valence-corrected chi connectivity index (χ3v) is 3.42. The second kappa shape index (κ2) is 7.16. The summed E-state index contributed by atoms with van der Waals surface area (Å²) in [6, 6.07) is 0. The topological polar surface area (TPSA) is 96.1 Å². The van der Waals surface area contributed by atoms with Crippen molar-refractivity contribution in [3.63, 3.8) is 0 Å². The molecule has 0 amide bonds. The summed E-state index contributed by atoms with van der Waals surface area (Å²) in [6.45, 7) is 0.909. The van der Waals surface area contributed by atoms with Gasteiger partial charge in [-0.25, -0.2) is 15.0 Å². The van der Waals surface area contributed by atoms with Gasteiger partial charge in [0.05, 0.1) is 6.33 Å². The van der Waals surface area contributed by atoms with E-state index in [9.17, 15) is 0 Å². The zero-order chi connectivity index (χ0) is 14.4. The lowest BCUT2D eigenvalue weighted by Crippen LogP contribution is -2.11. The van der Waals surface area contributed by atoms with Gasteiger partial charge in [-0.2, -0.15) is 0 Å². The second-order valence-corrected chi connectivity index (χ2v) is 4.81. The van der Waals surface area contributed by atoms with Gasteiger partial charge in [-0.3, -0.25) is 0 Å². The molecule has 3 N–H and O–H groups in total. The molecule has 2 heterocycles. The van der Waals surface area contributed by atoms with Gasteiger partial charge >= 0.3 is 0 Å². The third-order valence-electron chi connectivity index (χ3n) is 3.42. The quantitative estimate of drug-likeness (QED) is 0.614. The number of imidazole rings is 1. The first kappa shape index (κ1) is 14.7. The van der Waals surface area contributed by atoms with Gasteiger partial charge in [0.25, 0.3) is 0 Å². The van der Waals surface area contributed by atoms with Crippen LogP contribution in [0.4, 0.5) is 5.82 Å². The number of aromatic nitrogens is 4. The fraction of sp³-hybridized carbons (Fsp3) is 0.615. The number of aliphatic hydroxyl groups excluding tert-OH is 2. The number of rotatable bonds is 8. The molecular formula is C13H21N5O2. The van der Waals surface area contributed by atoms with E-state index in [1.807, 2.05) is 11.6 Å². The minimum absolute atomic E-state index is 0.00671. The molecule has 0 unspecified atom stereocenters. The first-order valence-electron chi connectivity index (χ1n) is 6.85. The van der Waals surface area contributed by atoms with Crippen LogP contribution < -0.4 is 5.32 Å². The molecule has 0 aliphatic rings. The predicted molar refractivity (Wildman–Crippen MR) is 76.4 cm³/mol. The molecule has 7 heteroatoms. The van der Waals surface area contributed by atoms with Crippen LogP contribution in [0.1, 0.15) is 19.3 Å². The Bertz CT molecular complexity index is 539. The number of unbranched alkanes of at least 4 members (excludes halogenated alkanes) is 1. The Balaban J connectivity index is 1.94. The molecular weight excluding hydrogens is 258 g/mol. The van der Waals surface area contributed by atoms with Crippen LogP contribution in [0.5, 0.6) is 0 Å². The summed E-state index contributed by atoms with van der Waals surface area (Å²) in [5, 5.41) is 21.0. The Morgan fingerprint density at radius 1 is 1.20 bits per heavy atom. The van der Waals surface area contributed by atoms with E-state index < -0.39 is 0 Å². The number of nitrogens with zero attached hydrogens (tertiary/aromatic N) is 4. The highest BCUT2D eigenvalue weighted by Gasteiger charge is 2.09. The summed E-state index contributed by atoms with van der Waals surface area (Å²) >= 11 is 0. The fourth-order valence-electron chi connectivity index (χ4n) is 2.18. The molecule has 0 radical (unpaired) electrons. The van der Waals surface area contributed by atoms with Gasteiger partial charge in [0, 0.05) is 32.7 Å². The Kier molecular flexibility index (Phi) is 5.25.